The number of anilines is 2. The van der Waals surface area contributed by atoms with E-state index in [4.69, 9.17) is 0 Å². The van der Waals surface area contributed by atoms with E-state index in [-0.39, 0.29) is 12.1 Å². The van der Waals surface area contributed by atoms with Crippen molar-refractivity contribution in [3.63, 3.8) is 0 Å². The van der Waals surface area contributed by atoms with Gasteiger partial charge < -0.3 is 15.5 Å². The van der Waals surface area contributed by atoms with Crippen molar-refractivity contribution in [3.8, 4) is 0 Å². The predicted molar refractivity (Wildman–Crippen MR) is 108 cm³/mol. The standard InChI is InChI=1S/C22H23N3O/c1-16-6-4-9-19(14-16)25-13-12-18(15-25)23-22(26)24-21-11-5-8-17-7-2-3-10-20(17)21/h2-11,14,18H,12-13,15H2,1H3,(H2,23,24,26). The molecule has 1 atom stereocenters. The normalized spacial score (nSPS) is 16.7. The SMILES string of the molecule is Cc1cccc(N2CCC(NC(=O)Nc3cccc4ccccc34)C2)c1. The molecule has 4 rings (SSSR count). The molecule has 1 fully saturated rings. The lowest BCUT2D eigenvalue weighted by Crippen LogP contribution is -2.39. The summed E-state index contributed by atoms with van der Waals surface area (Å²) in [5.41, 5.74) is 3.32. The second-order valence-corrected chi connectivity index (χ2v) is 6.90. The number of nitrogens with zero attached hydrogens (tertiary/aromatic N) is 1. The summed E-state index contributed by atoms with van der Waals surface area (Å²) < 4.78 is 0. The molecule has 1 saturated heterocycles. The maximum atomic E-state index is 12.5. The van der Waals surface area contributed by atoms with Crippen molar-refractivity contribution >= 4 is 28.2 Å². The molecule has 0 aliphatic carbocycles. The van der Waals surface area contributed by atoms with E-state index < -0.39 is 0 Å². The van der Waals surface area contributed by atoms with Gasteiger partial charge in [-0.15, -0.1) is 0 Å². The Morgan fingerprint density at radius 1 is 1.04 bits per heavy atom. The third-order valence-corrected chi connectivity index (χ3v) is 4.93. The van der Waals surface area contributed by atoms with Crippen molar-refractivity contribution in [1.29, 1.82) is 0 Å². The molecule has 0 aromatic heterocycles. The van der Waals surface area contributed by atoms with Gasteiger partial charge >= 0.3 is 6.03 Å². The molecule has 1 unspecified atom stereocenters. The van der Waals surface area contributed by atoms with Crippen LogP contribution >= 0.6 is 0 Å². The maximum Gasteiger partial charge on any atom is 0.319 e. The van der Waals surface area contributed by atoms with Gasteiger partial charge in [0.05, 0.1) is 5.69 Å². The summed E-state index contributed by atoms with van der Waals surface area (Å²) in [6.45, 7) is 3.90. The zero-order valence-electron chi connectivity index (χ0n) is 14.9. The first-order valence-corrected chi connectivity index (χ1v) is 9.06. The lowest BCUT2D eigenvalue weighted by Gasteiger charge is -2.19. The number of carbonyl (C=O) groups is 1. The number of carbonyl (C=O) groups excluding carboxylic acids is 1. The van der Waals surface area contributed by atoms with Crippen LogP contribution < -0.4 is 15.5 Å². The summed E-state index contributed by atoms with van der Waals surface area (Å²) in [6.07, 6.45) is 0.955. The van der Waals surface area contributed by atoms with Gasteiger partial charge in [-0.1, -0.05) is 48.5 Å². The van der Waals surface area contributed by atoms with Crippen LogP contribution in [0.1, 0.15) is 12.0 Å². The Balaban J connectivity index is 1.39. The van der Waals surface area contributed by atoms with E-state index in [2.05, 4.69) is 58.9 Å². The van der Waals surface area contributed by atoms with Gasteiger partial charge in [0, 0.05) is 30.2 Å². The molecule has 1 aliphatic rings. The van der Waals surface area contributed by atoms with Crippen LogP contribution in [0.15, 0.2) is 66.7 Å². The highest BCUT2D eigenvalue weighted by molar-refractivity contribution is 6.01. The van der Waals surface area contributed by atoms with Crippen molar-refractivity contribution in [3.05, 3.63) is 72.3 Å². The quantitative estimate of drug-likeness (QED) is 0.731. The van der Waals surface area contributed by atoms with Crippen LogP contribution in [-0.4, -0.2) is 25.2 Å². The molecule has 2 amide bonds. The van der Waals surface area contributed by atoms with E-state index in [1.165, 1.54) is 11.3 Å². The maximum absolute atomic E-state index is 12.5. The number of hydrogen-bond acceptors (Lipinski definition) is 2. The highest BCUT2D eigenvalue weighted by Gasteiger charge is 2.24. The van der Waals surface area contributed by atoms with Crippen LogP contribution in [0.3, 0.4) is 0 Å². The zero-order chi connectivity index (χ0) is 17.9. The second kappa shape index (κ2) is 7.08. The molecule has 4 heteroatoms. The fourth-order valence-electron chi connectivity index (χ4n) is 3.62. The van der Waals surface area contributed by atoms with Crippen molar-refractivity contribution < 1.29 is 4.79 Å². The molecule has 0 saturated carbocycles. The molecular weight excluding hydrogens is 322 g/mol. The third-order valence-electron chi connectivity index (χ3n) is 4.93. The number of rotatable bonds is 3. The number of urea groups is 1. The van der Waals surface area contributed by atoms with Crippen LogP contribution in [-0.2, 0) is 0 Å². The first-order valence-electron chi connectivity index (χ1n) is 9.06. The van der Waals surface area contributed by atoms with E-state index in [0.29, 0.717) is 0 Å². The molecule has 0 radical (unpaired) electrons. The van der Waals surface area contributed by atoms with E-state index in [1.54, 1.807) is 0 Å². The monoisotopic (exact) mass is 345 g/mol. The molecule has 132 valence electrons. The Hall–Kier alpha value is -3.01. The number of aryl methyl sites for hydroxylation is 1. The first kappa shape index (κ1) is 16.5. The van der Waals surface area contributed by atoms with Gasteiger partial charge in [0.15, 0.2) is 0 Å². The average Bonchev–Trinajstić information content (AvgIpc) is 3.10. The van der Waals surface area contributed by atoms with Crippen LogP contribution in [0.2, 0.25) is 0 Å². The van der Waals surface area contributed by atoms with Gasteiger partial charge in [0.2, 0.25) is 0 Å². The summed E-state index contributed by atoms with van der Waals surface area (Å²) in [5.74, 6) is 0. The molecule has 3 aromatic carbocycles. The summed E-state index contributed by atoms with van der Waals surface area (Å²) >= 11 is 0. The predicted octanol–water partition coefficient (Wildman–Crippen LogP) is 4.55. The Bertz CT molecular complexity index is 932. The van der Waals surface area contributed by atoms with Crippen molar-refractivity contribution in [1.82, 2.24) is 5.32 Å². The molecule has 2 N–H and O–H groups in total. The van der Waals surface area contributed by atoms with Crippen molar-refractivity contribution in [2.75, 3.05) is 23.3 Å². The lowest BCUT2D eigenvalue weighted by molar-refractivity contribution is 0.249. The van der Waals surface area contributed by atoms with E-state index in [0.717, 1.165) is 36.0 Å². The van der Waals surface area contributed by atoms with Crippen molar-refractivity contribution in [2.45, 2.75) is 19.4 Å². The molecule has 4 nitrogen and oxygen atoms in total. The average molecular weight is 345 g/mol. The van der Waals surface area contributed by atoms with Gasteiger partial charge in [-0.3, -0.25) is 0 Å². The van der Waals surface area contributed by atoms with Gasteiger partial charge in [0.1, 0.15) is 0 Å². The van der Waals surface area contributed by atoms with Crippen molar-refractivity contribution in [2.24, 2.45) is 0 Å². The molecule has 0 bridgehead atoms. The van der Waals surface area contributed by atoms with Gasteiger partial charge in [0.25, 0.3) is 0 Å². The fraction of sp³-hybridized carbons (Fsp3) is 0.227. The number of amides is 2. The summed E-state index contributed by atoms with van der Waals surface area (Å²) in [6, 6.07) is 22.6. The largest absolute Gasteiger partial charge is 0.369 e. The lowest BCUT2D eigenvalue weighted by atomic mass is 10.1. The van der Waals surface area contributed by atoms with Gasteiger partial charge in [-0.05, 0) is 42.5 Å². The van der Waals surface area contributed by atoms with Gasteiger partial charge in [-0.25, -0.2) is 4.79 Å². The van der Waals surface area contributed by atoms with E-state index in [1.807, 2.05) is 30.3 Å². The zero-order valence-corrected chi connectivity index (χ0v) is 14.9. The molecule has 26 heavy (non-hydrogen) atoms. The summed E-state index contributed by atoms with van der Waals surface area (Å²) in [4.78, 5) is 14.8. The topological polar surface area (TPSA) is 44.4 Å². The highest BCUT2D eigenvalue weighted by Crippen LogP contribution is 2.24. The highest BCUT2D eigenvalue weighted by atomic mass is 16.2. The minimum absolute atomic E-state index is 0.141. The molecule has 1 heterocycles. The third kappa shape index (κ3) is 3.49. The minimum atomic E-state index is -0.141. The Morgan fingerprint density at radius 2 is 1.85 bits per heavy atom. The van der Waals surface area contributed by atoms with Crippen LogP contribution in [0.25, 0.3) is 10.8 Å². The van der Waals surface area contributed by atoms with E-state index in [9.17, 15) is 4.79 Å². The van der Waals surface area contributed by atoms with Gasteiger partial charge in [-0.2, -0.15) is 0 Å². The molecule has 3 aromatic rings. The van der Waals surface area contributed by atoms with Crippen LogP contribution in [0.4, 0.5) is 16.2 Å². The summed E-state index contributed by atoms with van der Waals surface area (Å²) in [7, 11) is 0. The number of hydrogen-bond donors (Lipinski definition) is 2. The van der Waals surface area contributed by atoms with Crippen LogP contribution in [0, 0.1) is 6.92 Å². The number of nitrogens with one attached hydrogen (secondary N) is 2. The first-order chi connectivity index (χ1) is 12.7. The van der Waals surface area contributed by atoms with Crippen LogP contribution in [0.5, 0.6) is 0 Å². The Labute approximate surface area is 153 Å². The second-order valence-electron chi connectivity index (χ2n) is 6.90. The smallest absolute Gasteiger partial charge is 0.319 e. The molecule has 0 spiro atoms. The molecular formula is C22H23N3O. The number of benzene rings is 3. The Morgan fingerprint density at radius 3 is 2.73 bits per heavy atom. The number of fused-ring (bicyclic) bond motifs is 1. The summed E-state index contributed by atoms with van der Waals surface area (Å²) in [5, 5.41) is 8.30. The fourth-order valence-corrected chi connectivity index (χ4v) is 3.62. The van der Waals surface area contributed by atoms with E-state index >= 15 is 0 Å². The minimum Gasteiger partial charge on any atom is -0.369 e. The Kier molecular flexibility index (Phi) is 4.48. The molecule has 1 aliphatic heterocycles.